The van der Waals surface area contributed by atoms with Gasteiger partial charge in [-0.15, -0.1) is 23.8 Å². The Balaban J connectivity index is 0.00000642. The summed E-state index contributed by atoms with van der Waals surface area (Å²) in [5, 5.41) is 12.6. The van der Waals surface area contributed by atoms with Crippen LogP contribution in [0.3, 0.4) is 0 Å². The van der Waals surface area contributed by atoms with Crippen LogP contribution in [0.1, 0.15) is 88.7 Å². The minimum atomic E-state index is -2.18. The van der Waals surface area contributed by atoms with Crippen LogP contribution < -0.4 is 0 Å². The number of benzene rings is 7. The van der Waals surface area contributed by atoms with Crippen molar-refractivity contribution in [3.05, 3.63) is 192 Å². The molecule has 0 amide bonds. The number of hydrogen-bond donors (Lipinski definition) is 1. The second-order valence-corrected chi connectivity index (χ2v) is 20.3. The smallest absolute Gasteiger partial charge is 0.148 e. The number of phenols is 1. The zero-order chi connectivity index (χ0) is 48.3. The van der Waals surface area contributed by atoms with Crippen molar-refractivity contribution in [3.8, 4) is 78.6 Å². The standard InChI is InChI=1S/C61H58N3O.Pt/c1-39-24-26-42(27-25-39)44-30-31-62-53(36-44)47-33-45(41-20-15-12-16-21-41)32-46(34-47)49-22-17-23-55-56(49)63-58(50-37-48(59(2,3)4)38-52(57(50)65)61(8,9)10)64(55)54-29-28-43(35-51(54)60(5,6)7)40-18-13-11-14-19-40;/h11-33,35-38,65H,1-10H3;/q-1;/i1D3;. The summed E-state index contributed by atoms with van der Waals surface area (Å²) in [7, 11) is 0. The minimum Gasteiger partial charge on any atom is -0.507 e. The van der Waals surface area contributed by atoms with Crippen molar-refractivity contribution in [1.82, 2.24) is 14.5 Å². The van der Waals surface area contributed by atoms with E-state index in [1.807, 2.05) is 48.5 Å². The van der Waals surface area contributed by atoms with Crippen molar-refractivity contribution >= 4 is 11.0 Å². The summed E-state index contributed by atoms with van der Waals surface area (Å²) in [6.07, 6.45) is 1.79. The van der Waals surface area contributed by atoms with Crippen molar-refractivity contribution in [2.75, 3.05) is 0 Å². The number of para-hydroxylation sites is 1. The Hall–Kier alpha value is -6.35. The van der Waals surface area contributed by atoms with Crippen molar-refractivity contribution < 1.29 is 30.3 Å². The van der Waals surface area contributed by atoms with Crippen LogP contribution in [-0.2, 0) is 37.3 Å². The fraction of sp³-hybridized carbons (Fsp3) is 0.213. The Bertz CT molecular complexity index is 3320. The quantitative estimate of drug-likeness (QED) is 0.162. The van der Waals surface area contributed by atoms with Crippen LogP contribution in [-0.4, -0.2) is 19.6 Å². The normalized spacial score (nSPS) is 12.9. The number of pyridine rings is 1. The van der Waals surface area contributed by atoms with Crippen LogP contribution in [0.4, 0.5) is 0 Å². The van der Waals surface area contributed by atoms with Gasteiger partial charge >= 0.3 is 0 Å². The monoisotopic (exact) mass is 1050 g/mol. The number of aromatic hydroxyl groups is 1. The van der Waals surface area contributed by atoms with Crippen LogP contribution in [0.5, 0.6) is 5.75 Å². The van der Waals surface area contributed by atoms with Gasteiger partial charge in [-0.1, -0.05) is 200 Å². The molecule has 4 nitrogen and oxygen atoms in total. The molecule has 0 spiro atoms. The zero-order valence-electron chi connectivity index (χ0n) is 42.2. The molecular formula is C61H58N3OPt-. The molecule has 0 unspecified atom stereocenters. The first-order valence-corrected chi connectivity index (χ1v) is 22.5. The maximum Gasteiger partial charge on any atom is 0.148 e. The summed E-state index contributed by atoms with van der Waals surface area (Å²) in [4.78, 5) is 10.5. The van der Waals surface area contributed by atoms with E-state index in [2.05, 4.69) is 170 Å². The summed E-state index contributed by atoms with van der Waals surface area (Å²) < 4.78 is 25.9. The van der Waals surface area contributed by atoms with Crippen LogP contribution >= 0.6 is 0 Å². The van der Waals surface area contributed by atoms with Crippen LogP contribution in [0.25, 0.3) is 83.9 Å². The third-order valence-corrected chi connectivity index (χ3v) is 12.4. The van der Waals surface area contributed by atoms with Gasteiger partial charge in [0, 0.05) is 42.6 Å². The summed E-state index contributed by atoms with van der Waals surface area (Å²) in [5.41, 5.74) is 15.3. The summed E-state index contributed by atoms with van der Waals surface area (Å²) >= 11 is 0. The van der Waals surface area contributed by atoms with Gasteiger partial charge in [0.25, 0.3) is 0 Å². The van der Waals surface area contributed by atoms with Crippen molar-refractivity contribution in [3.63, 3.8) is 0 Å². The van der Waals surface area contributed by atoms with Gasteiger partial charge in [0.1, 0.15) is 11.6 Å². The molecule has 2 heterocycles. The van der Waals surface area contributed by atoms with Gasteiger partial charge in [-0.3, -0.25) is 9.55 Å². The average molecular weight is 1050 g/mol. The third kappa shape index (κ3) is 9.09. The molecule has 66 heavy (non-hydrogen) atoms. The molecule has 2 aromatic heterocycles. The Morgan fingerprint density at radius 2 is 1.14 bits per heavy atom. The first-order chi connectivity index (χ1) is 32.1. The third-order valence-electron chi connectivity index (χ3n) is 12.4. The van der Waals surface area contributed by atoms with Gasteiger partial charge in [-0.2, -0.15) is 0 Å². The zero-order valence-corrected chi connectivity index (χ0v) is 41.5. The van der Waals surface area contributed by atoms with Gasteiger partial charge in [0.05, 0.1) is 22.3 Å². The second kappa shape index (κ2) is 17.8. The molecular weight excluding hydrogens is 986 g/mol. The Morgan fingerprint density at radius 1 is 0.530 bits per heavy atom. The topological polar surface area (TPSA) is 50.9 Å². The van der Waals surface area contributed by atoms with E-state index in [9.17, 15) is 5.11 Å². The first-order valence-electron chi connectivity index (χ1n) is 24.0. The predicted octanol–water partition coefficient (Wildman–Crippen LogP) is 16.1. The van der Waals surface area contributed by atoms with E-state index >= 15 is 0 Å². The number of nitrogens with zero attached hydrogens (tertiary/aromatic N) is 3. The van der Waals surface area contributed by atoms with Gasteiger partial charge in [-0.05, 0) is 92.4 Å². The number of imidazole rings is 1. The summed E-state index contributed by atoms with van der Waals surface area (Å²) in [6.45, 7) is 17.6. The maximum absolute atomic E-state index is 12.6. The molecule has 0 aliphatic rings. The van der Waals surface area contributed by atoms with Crippen molar-refractivity contribution in [2.24, 2.45) is 0 Å². The van der Waals surface area contributed by atoms with Gasteiger partial charge in [-0.25, -0.2) is 4.98 Å². The van der Waals surface area contributed by atoms with Crippen LogP contribution in [0.15, 0.2) is 164 Å². The summed E-state index contributed by atoms with van der Waals surface area (Å²) in [6, 6.07) is 57.3. The van der Waals surface area contributed by atoms with E-state index in [0.717, 1.165) is 89.2 Å². The number of phenolic OH excluding ortho intramolecular Hbond substituents is 1. The molecule has 0 saturated heterocycles. The predicted molar refractivity (Wildman–Crippen MR) is 273 cm³/mol. The van der Waals surface area contributed by atoms with Crippen LogP contribution in [0, 0.1) is 12.9 Å². The van der Waals surface area contributed by atoms with E-state index < -0.39 is 6.85 Å². The molecule has 5 heteroatoms. The largest absolute Gasteiger partial charge is 0.507 e. The van der Waals surface area contributed by atoms with Crippen molar-refractivity contribution in [1.29, 1.82) is 0 Å². The molecule has 0 fully saturated rings. The van der Waals surface area contributed by atoms with E-state index in [-0.39, 0.29) is 43.1 Å². The van der Waals surface area contributed by atoms with Crippen LogP contribution in [0.2, 0.25) is 0 Å². The molecule has 0 bridgehead atoms. The molecule has 0 saturated carbocycles. The van der Waals surface area contributed by atoms with E-state index in [4.69, 9.17) is 14.1 Å². The summed E-state index contributed by atoms with van der Waals surface area (Å²) in [5.74, 6) is 0.874. The molecule has 0 aliphatic carbocycles. The van der Waals surface area contributed by atoms with Gasteiger partial charge < -0.3 is 5.11 Å². The van der Waals surface area contributed by atoms with Crippen molar-refractivity contribution in [2.45, 2.75) is 85.4 Å². The Morgan fingerprint density at radius 3 is 1.77 bits per heavy atom. The van der Waals surface area contributed by atoms with Gasteiger partial charge in [0.15, 0.2) is 0 Å². The number of hydrogen-bond acceptors (Lipinski definition) is 3. The molecule has 0 atom stereocenters. The first kappa shape index (κ1) is 42.3. The number of fused-ring (bicyclic) bond motifs is 1. The minimum absolute atomic E-state index is 0. The number of aryl methyl sites for hydroxylation is 1. The molecule has 9 rings (SSSR count). The van der Waals surface area contributed by atoms with E-state index in [1.54, 1.807) is 18.3 Å². The van der Waals surface area contributed by atoms with E-state index in [0.29, 0.717) is 17.0 Å². The molecule has 9 aromatic rings. The molecule has 0 aliphatic heterocycles. The molecule has 0 radical (unpaired) electrons. The van der Waals surface area contributed by atoms with Gasteiger partial charge in [0.2, 0.25) is 0 Å². The van der Waals surface area contributed by atoms with E-state index in [1.165, 1.54) is 0 Å². The fourth-order valence-corrected chi connectivity index (χ4v) is 8.76. The molecule has 334 valence electrons. The average Bonchev–Trinajstić information content (AvgIpc) is 3.70. The second-order valence-electron chi connectivity index (χ2n) is 20.3. The number of rotatable bonds is 7. The Labute approximate surface area is 410 Å². The SMILES string of the molecule is [2H]C([2H])([2H])c1ccc(-c2ccnc(-c3[c-]c(-c4cccc5c4nc(-c4cc(C(C)(C)C)cc(C(C)(C)C)c4O)n5-c4ccc(-c5ccccc5)cc4C(C)(C)C)cc(-c4ccccc4)c3)c2)cc1.[Pt]. The Kier molecular flexibility index (Phi) is 11.4. The molecule has 7 aromatic carbocycles. The fourth-order valence-electron chi connectivity index (χ4n) is 8.76. The number of aromatic nitrogens is 3. The maximum atomic E-state index is 12.6. The molecule has 1 N–H and O–H groups in total.